The zero-order valence-electron chi connectivity index (χ0n) is 11.3. The van der Waals surface area contributed by atoms with Gasteiger partial charge >= 0.3 is 11.9 Å². The van der Waals surface area contributed by atoms with Gasteiger partial charge in [-0.3, -0.25) is 9.59 Å². The van der Waals surface area contributed by atoms with Crippen molar-refractivity contribution >= 4 is 17.8 Å². The van der Waals surface area contributed by atoms with E-state index in [1.165, 1.54) is 6.08 Å². The minimum atomic E-state index is -1.62. The summed E-state index contributed by atoms with van der Waals surface area (Å²) in [6.07, 6.45) is 0.481. The lowest BCUT2D eigenvalue weighted by Gasteiger charge is -2.33. The molecule has 2 aliphatic heterocycles. The minimum absolute atomic E-state index is 0.171. The topological polar surface area (TPSA) is 124 Å². The van der Waals surface area contributed by atoms with E-state index in [1.807, 2.05) is 0 Å². The van der Waals surface area contributed by atoms with E-state index in [0.29, 0.717) is 0 Å². The Bertz CT molecular complexity index is 491. The minimum Gasteiger partial charge on any atom is -0.481 e. The summed E-state index contributed by atoms with van der Waals surface area (Å²) in [7, 11) is 0. The molecule has 2 heterocycles. The van der Waals surface area contributed by atoms with Crippen LogP contribution in [0.25, 0.3) is 0 Å². The average Bonchev–Trinajstić information content (AvgIpc) is 2.83. The van der Waals surface area contributed by atoms with E-state index in [-0.39, 0.29) is 13.0 Å². The van der Waals surface area contributed by atoms with Crippen molar-refractivity contribution in [2.75, 3.05) is 13.2 Å². The number of nitrogens with zero attached hydrogens (tertiary/aromatic N) is 1. The van der Waals surface area contributed by atoms with Gasteiger partial charge in [-0.1, -0.05) is 6.08 Å². The highest BCUT2D eigenvalue weighted by molar-refractivity contribution is 5.93. The number of likely N-dealkylation sites (tertiary alicyclic amines) is 1. The molecule has 0 aromatic carbocycles. The predicted molar refractivity (Wildman–Crippen MR) is 68.4 cm³/mol. The number of β-amino-alcohol motifs (C(OH)–C–C–N with tert-alkyl or cyclic N) is 1. The highest BCUT2D eigenvalue weighted by atomic mass is 16.5. The number of carboxylic acids is 2. The van der Waals surface area contributed by atoms with E-state index < -0.39 is 54.5 Å². The normalized spacial score (nSPS) is 34.8. The van der Waals surface area contributed by atoms with Crippen LogP contribution in [0.1, 0.15) is 12.8 Å². The maximum atomic E-state index is 12.4. The number of carboxylic acid groups (broad SMARTS) is 2. The maximum absolute atomic E-state index is 12.4. The molecule has 0 aromatic rings. The molecular formula is C13H17NO7. The molecule has 8 nitrogen and oxygen atoms in total. The van der Waals surface area contributed by atoms with Crippen molar-refractivity contribution in [3.8, 4) is 0 Å². The number of aliphatic hydroxyl groups excluding tert-OH is 1. The van der Waals surface area contributed by atoms with Crippen LogP contribution < -0.4 is 0 Å². The summed E-state index contributed by atoms with van der Waals surface area (Å²) in [6.45, 7) is 2.97. The van der Waals surface area contributed by atoms with Crippen LogP contribution in [-0.2, 0) is 19.1 Å². The number of carbonyl (C=O) groups is 3. The van der Waals surface area contributed by atoms with Gasteiger partial charge in [0.1, 0.15) is 5.60 Å². The Morgan fingerprint density at radius 3 is 2.62 bits per heavy atom. The number of aliphatic hydroxyl groups is 1. The lowest BCUT2D eigenvalue weighted by Crippen LogP contribution is -2.53. The summed E-state index contributed by atoms with van der Waals surface area (Å²) in [5, 5.41) is 27.5. The SMILES string of the molecule is C=C[C@H]1C[C@@H]2C(=O)N(CCO)[C@@H](C(=O)O)[C@]2(CC(=O)O)O1. The fourth-order valence-corrected chi connectivity index (χ4v) is 3.33. The molecular weight excluding hydrogens is 282 g/mol. The Morgan fingerprint density at radius 2 is 2.14 bits per heavy atom. The van der Waals surface area contributed by atoms with Crippen molar-refractivity contribution in [1.29, 1.82) is 0 Å². The smallest absolute Gasteiger partial charge is 0.329 e. The number of carbonyl (C=O) groups excluding carboxylic acids is 1. The Hall–Kier alpha value is -1.93. The largest absolute Gasteiger partial charge is 0.481 e. The van der Waals surface area contributed by atoms with Gasteiger partial charge in [-0.2, -0.15) is 0 Å². The summed E-state index contributed by atoms with van der Waals surface area (Å²) in [6, 6.07) is -1.43. The number of fused-ring (bicyclic) bond motifs is 1. The first-order valence-electron chi connectivity index (χ1n) is 6.53. The van der Waals surface area contributed by atoms with Crippen LogP contribution in [0.15, 0.2) is 12.7 Å². The van der Waals surface area contributed by atoms with Gasteiger partial charge in [-0.05, 0) is 6.42 Å². The third kappa shape index (κ3) is 2.30. The summed E-state index contributed by atoms with van der Waals surface area (Å²) < 4.78 is 5.63. The Morgan fingerprint density at radius 1 is 1.48 bits per heavy atom. The van der Waals surface area contributed by atoms with E-state index >= 15 is 0 Å². The van der Waals surface area contributed by atoms with E-state index in [1.54, 1.807) is 0 Å². The van der Waals surface area contributed by atoms with Gasteiger partial charge in [0.05, 0.1) is 25.0 Å². The van der Waals surface area contributed by atoms with Crippen LogP contribution in [0.5, 0.6) is 0 Å². The Kier molecular flexibility index (Phi) is 4.02. The number of ether oxygens (including phenoxy) is 1. The maximum Gasteiger partial charge on any atom is 0.329 e. The summed E-state index contributed by atoms with van der Waals surface area (Å²) in [5.74, 6) is -3.94. The molecule has 0 saturated carbocycles. The summed E-state index contributed by atoms with van der Waals surface area (Å²) in [5.41, 5.74) is -1.62. The average molecular weight is 299 g/mol. The standard InChI is InChI=1S/C13H17NO7/c1-2-7-5-8-11(18)14(3-4-15)10(12(19)20)13(8,21-7)6-9(16)17/h2,7-8,10,15H,1,3-6H2,(H,16,17)(H,19,20)/t7-,8+,10-,13+/m0/s1. The zero-order valence-corrected chi connectivity index (χ0v) is 11.3. The lowest BCUT2D eigenvalue weighted by molar-refractivity contribution is -0.161. The Balaban J connectivity index is 2.48. The number of hydrogen-bond acceptors (Lipinski definition) is 5. The predicted octanol–water partition coefficient (Wildman–Crippen LogP) is -0.921. The summed E-state index contributed by atoms with van der Waals surface area (Å²) >= 11 is 0. The highest BCUT2D eigenvalue weighted by Crippen LogP contribution is 2.49. The number of amides is 1. The molecule has 2 fully saturated rings. The third-order valence-electron chi connectivity index (χ3n) is 4.05. The van der Waals surface area contributed by atoms with E-state index in [0.717, 1.165) is 4.90 Å². The van der Waals surface area contributed by atoms with Crippen molar-refractivity contribution in [3.05, 3.63) is 12.7 Å². The van der Waals surface area contributed by atoms with Crippen LogP contribution in [0.2, 0.25) is 0 Å². The van der Waals surface area contributed by atoms with Gasteiger partial charge in [0.15, 0.2) is 6.04 Å². The molecule has 0 spiro atoms. The third-order valence-corrected chi connectivity index (χ3v) is 4.05. The van der Waals surface area contributed by atoms with Gasteiger partial charge in [0.25, 0.3) is 0 Å². The lowest BCUT2D eigenvalue weighted by atomic mass is 9.82. The molecule has 2 rings (SSSR count). The van der Waals surface area contributed by atoms with E-state index in [9.17, 15) is 19.5 Å². The molecule has 0 unspecified atom stereocenters. The zero-order chi connectivity index (χ0) is 15.8. The number of hydrogen-bond donors (Lipinski definition) is 3. The van der Waals surface area contributed by atoms with E-state index in [2.05, 4.69) is 6.58 Å². The number of aliphatic carboxylic acids is 2. The molecule has 1 amide bonds. The van der Waals surface area contributed by atoms with Crippen LogP contribution in [0.3, 0.4) is 0 Å². The van der Waals surface area contributed by atoms with Crippen LogP contribution in [0.4, 0.5) is 0 Å². The van der Waals surface area contributed by atoms with Gasteiger partial charge in [0.2, 0.25) is 5.91 Å². The van der Waals surface area contributed by atoms with Crippen molar-refractivity contribution in [3.63, 3.8) is 0 Å². The van der Waals surface area contributed by atoms with Crippen LogP contribution in [-0.4, -0.2) is 69.0 Å². The molecule has 0 bridgehead atoms. The molecule has 0 aromatic heterocycles. The second-order valence-corrected chi connectivity index (χ2v) is 5.20. The Labute approximate surface area is 120 Å². The van der Waals surface area contributed by atoms with Gasteiger partial charge < -0.3 is 25.0 Å². The van der Waals surface area contributed by atoms with Gasteiger partial charge in [-0.15, -0.1) is 6.58 Å². The molecule has 2 saturated heterocycles. The molecule has 8 heteroatoms. The fraction of sp³-hybridized carbons (Fsp3) is 0.615. The molecule has 0 radical (unpaired) electrons. The van der Waals surface area contributed by atoms with Crippen LogP contribution in [0, 0.1) is 5.92 Å². The van der Waals surface area contributed by atoms with Crippen molar-refractivity contribution in [2.45, 2.75) is 30.6 Å². The molecule has 0 aliphatic carbocycles. The molecule has 3 N–H and O–H groups in total. The number of rotatable bonds is 6. The molecule has 116 valence electrons. The molecule has 4 atom stereocenters. The fourth-order valence-electron chi connectivity index (χ4n) is 3.33. The van der Waals surface area contributed by atoms with Gasteiger partial charge in [-0.25, -0.2) is 4.79 Å². The molecule has 2 aliphatic rings. The van der Waals surface area contributed by atoms with Crippen molar-refractivity contribution < 1.29 is 34.4 Å². The van der Waals surface area contributed by atoms with Gasteiger partial charge in [0, 0.05) is 6.54 Å². The van der Waals surface area contributed by atoms with Crippen molar-refractivity contribution in [1.82, 2.24) is 4.90 Å². The second-order valence-electron chi connectivity index (χ2n) is 5.20. The van der Waals surface area contributed by atoms with Crippen LogP contribution >= 0.6 is 0 Å². The first-order valence-corrected chi connectivity index (χ1v) is 6.53. The highest BCUT2D eigenvalue weighted by Gasteiger charge is 2.67. The quantitative estimate of drug-likeness (QED) is 0.542. The monoisotopic (exact) mass is 299 g/mol. The second kappa shape index (κ2) is 5.45. The van der Waals surface area contributed by atoms with E-state index in [4.69, 9.17) is 14.9 Å². The first kappa shape index (κ1) is 15.5. The molecule has 21 heavy (non-hydrogen) atoms. The first-order chi connectivity index (χ1) is 9.87. The summed E-state index contributed by atoms with van der Waals surface area (Å²) in [4.78, 5) is 36.1. The van der Waals surface area contributed by atoms with Crippen molar-refractivity contribution in [2.24, 2.45) is 5.92 Å².